The lowest BCUT2D eigenvalue weighted by atomic mass is 9.83. The molecule has 4 rings (SSSR count). The van der Waals surface area contributed by atoms with Gasteiger partial charge in [0.1, 0.15) is 0 Å². The van der Waals surface area contributed by atoms with E-state index in [1.165, 1.54) is 10.4 Å². The molecule has 0 atom stereocenters. The Morgan fingerprint density at radius 2 is 1.96 bits per heavy atom. The molecule has 2 fully saturated rings. The summed E-state index contributed by atoms with van der Waals surface area (Å²) in [6, 6.07) is 2.15. The Hall–Kier alpha value is -0.370. The zero-order valence-electron chi connectivity index (χ0n) is 15.3. The predicted molar refractivity (Wildman–Crippen MR) is 110 cm³/mol. The number of nitrogens with one attached hydrogen (secondary N) is 1. The molecule has 1 aromatic heterocycles. The lowest BCUT2D eigenvalue weighted by molar-refractivity contribution is -0.0792. The molecular weight excluding hydrogens is 393 g/mol. The summed E-state index contributed by atoms with van der Waals surface area (Å²) in [5.74, 6) is 0.216. The standard InChI is InChI=1S/C18H27N3O2S.2ClH/c1-20-8-2-9-21(11-10-20)17(22)16-13-14-15(24-16)3-12-23-18(14)4-6-19-7-5-18;;/h13,19H,2-12H2,1H3;2*1H. The van der Waals surface area contributed by atoms with Crippen molar-refractivity contribution >= 4 is 42.1 Å². The molecule has 1 amide bonds. The number of nitrogens with zero attached hydrogens (tertiary/aromatic N) is 2. The number of ether oxygens (including phenoxy) is 1. The van der Waals surface area contributed by atoms with E-state index in [-0.39, 0.29) is 36.3 Å². The van der Waals surface area contributed by atoms with Gasteiger partial charge in [0.05, 0.1) is 17.1 Å². The maximum Gasteiger partial charge on any atom is 0.263 e. The van der Waals surface area contributed by atoms with Crippen LogP contribution in [0.4, 0.5) is 0 Å². The number of carbonyl (C=O) groups is 1. The molecule has 0 aliphatic carbocycles. The summed E-state index contributed by atoms with van der Waals surface area (Å²) in [6.07, 6.45) is 4.04. The first-order valence-corrected chi connectivity index (χ1v) is 9.95. The van der Waals surface area contributed by atoms with Crippen LogP contribution in [0.5, 0.6) is 0 Å². The van der Waals surface area contributed by atoms with Gasteiger partial charge in [-0.05, 0) is 57.6 Å². The summed E-state index contributed by atoms with van der Waals surface area (Å²) in [6.45, 7) is 6.54. The van der Waals surface area contributed by atoms with Crippen LogP contribution in [-0.2, 0) is 16.8 Å². The smallest absolute Gasteiger partial charge is 0.263 e. The van der Waals surface area contributed by atoms with E-state index in [0.717, 1.165) is 76.4 Å². The second-order valence-corrected chi connectivity index (χ2v) is 8.38. The quantitative estimate of drug-likeness (QED) is 0.756. The summed E-state index contributed by atoms with van der Waals surface area (Å²) >= 11 is 1.71. The maximum atomic E-state index is 13.0. The second-order valence-electron chi connectivity index (χ2n) is 7.24. The van der Waals surface area contributed by atoms with E-state index in [1.54, 1.807) is 11.3 Å². The SMILES string of the molecule is CN1CCCN(C(=O)c2cc3c(s2)CCOC32CCNCC2)CC1.Cl.Cl. The minimum Gasteiger partial charge on any atom is -0.370 e. The molecule has 2 saturated heterocycles. The van der Waals surface area contributed by atoms with E-state index in [9.17, 15) is 4.79 Å². The molecule has 0 bridgehead atoms. The summed E-state index contributed by atoms with van der Waals surface area (Å²) in [4.78, 5) is 19.6. The number of thiophene rings is 1. The van der Waals surface area contributed by atoms with Gasteiger partial charge >= 0.3 is 0 Å². The van der Waals surface area contributed by atoms with Gasteiger partial charge in [-0.15, -0.1) is 36.2 Å². The van der Waals surface area contributed by atoms with Gasteiger partial charge in [-0.2, -0.15) is 0 Å². The average molecular weight is 422 g/mol. The van der Waals surface area contributed by atoms with Gasteiger partial charge in [0, 0.05) is 30.9 Å². The summed E-state index contributed by atoms with van der Waals surface area (Å²) in [5.41, 5.74) is 1.16. The van der Waals surface area contributed by atoms with Crippen molar-refractivity contribution in [3.05, 3.63) is 21.4 Å². The van der Waals surface area contributed by atoms with E-state index in [2.05, 4.69) is 23.3 Å². The van der Waals surface area contributed by atoms with Gasteiger partial charge in [-0.25, -0.2) is 0 Å². The third-order valence-electron chi connectivity index (χ3n) is 5.64. The van der Waals surface area contributed by atoms with Crippen LogP contribution >= 0.6 is 36.2 Å². The molecule has 4 heterocycles. The number of hydrogen-bond donors (Lipinski definition) is 1. The normalized spacial score (nSPS) is 22.7. The van der Waals surface area contributed by atoms with E-state index in [0.29, 0.717) is 0 Å². The minimum atomic E-state index is -0.146. The zero-order valence-corrected chi connectivity index (χ0v) is 17.7. The van der Waals surface area contributed by atoms with Gasteiger partial charge < -0.3 is 19.9 Å². The summed E-state index contributed by atoms with van der Waals surface area (Å²) in [7, 11) is 2.13. The van der Waals surface area contributed by atoms with E-state index in [1.807, 2.05) is 4.90 Å². The Balaban J connectivity index is 0.00000121. The lowest BCUT2D eigenvalue weighted by Gasteiger charge is -2.40. The van der Waals surface area contributed by atoms with Crippen LogP contribution in [-0.4, -0.2) is 68.6 Å². The number of fused-ring (bicyclic) bond motifs is 2. The van der Waals surface area contributed by atoms with Crippen molar-refractivity contribution in [1.29, 1.82) is 0 Å². The molecule has 0 unspecified atom stereocenters. The van der Waals surface area contributed by atoms with Crippen molar-refractivity contribution in [2.45, 2.75) is 31.3 Å². The summed E-state index contributed by atoms with van der Waals surface area (Å²) in [5, 5.41) is 3.42. The Labute approximate surface area is 172 Å². The molecule has 8 heteroatoms. The highest BCUT2D eigenvalue weighted by Gasteiger charge is 2.41. The Bertz CT molecular complexity index is 620. The van der Waals surface area contributed by atoms with Crippen molar-refractivity contribution in [2.24, 2.45) is 0 Å². The zero-order chi connectivity index (χ0) is 16.6. The van der Waals surface area contributed by atoms with Crippen molar-refractivity contribution in [1.82, 2.24) is 15.1 Å². The molecule has 3 aliphatic rings. The molecule has 3 aliphatic heterocycles. The van der Waals surface area contributed by atoms with Gasteiger partial charge in [-0.3, -0.25) is 4.79 Å². The van der Waals surface area contributed by atoms with E-state index >= 15 is 0 Å². The Morgan fingerprint density at radius 1 is 1.19 bits per heavy atom. The largest absolute Gasteiger partial charge is 0.370 e. The van der Waals surface area contributed by atoms with Gasteiger partial charge in [0.2, 0.25) is 0 Å². The fraction of sp³-hybridized carbons (Fsp3) is 0.722. The van der Waals surface area contributed by atoms with E-state index < -0.39 is 0 Å². The molecule has 1 spiro atoms. The monoisotopic (exact) mass is 421 g/mol. The topological polar surface area (TPSA) is 44.8 Å². The fourth-order valence-corrected chi connectivity index (χ4v) is 5.37. The second kappa shape index (κ2) is 9.22. The van der Waals surface area contributed by atoms with Crippen molar-refractivity contribution in [3.63, 3.8) is 0 Å². The number of rotatable bonds is 1. The Kier molecular flexibility index (Phi) is 7.77. The molecule has 0 radical (unpaired) electrons. The minimum absolute atomic E-state index is 0. The lowest BCUT2D eigenvalue weighted by Crippen LogP contribution is -2.44. The van der Waals surface area contributed by atoms with Crippen LogP contribution < -0.4 is 5.32 Å². The van der Waals surface area contributed by atoms with Gasteiger partial charge in [-0.1, -0.05) is 0 Å². The highest BCUT2D eigenvalue weighted by atomic mass is 35.5. The molecule has 0 aromatic carbocycles. The number of amides is 1. The van der Waals surface area contributed by atoms with Crippen LogP contribution in [0.25, 0.3) is 0 Å². The maximum absolute atomic E-state index is 13.0. The van der Waals surface area contributed by atoms with Gasteiger partial charge in [0.15, 0.2) is 0 Å². The number of likely N-dealkylation sites (N-methyl/N-ethyl adjacent to an activating group) is 1. The first-order valence-electron chi connectivity index (χ1n) is 9.14. The number of piperidine rings is 1. The number of halogens is 2. The molecule has 148 valence electrons. The highest BCUT2D eigenvalue weighted by Crippen LogP contribution is 2.43. The molecule has 1 aromatic rings. The predicted octanol–water partition coefficient (Wildman–Crippen LogP) is 2.52. The molecule has 1 N–H and O–H groups in total. The highest BCUT2D eigenvalue weighted by molar-refractivity contribution is 7.14. The van der Waals surface area contributed by atoms with Crippen molar-refractivity contribution in [3.8, 4) is 0 Å². The third-order valence-corrected chi connectivity index (χ3v) is 6.82. The number of carbonyl (C=O) groups excluding carboxylic acids is 1. The molecule has 5 nitrogen and oxygen atoms in total. The summed E-state index contributed by atoms with van der Waals surface area (Å²) < 4.78 is 6.24. The van der Waals surface area contributed by atoms with E-state index in [4.69, 9.17) is 4.74 Å². The van der Waals surface area contributed by atoms with Crippen LogP contribution in [0.1, 0.15) is 39.4 Å². The first kappa shape index (κ1) is 21.9. The van der Waals surface area contributed by atoms with Crippen LogP contribution in [0.2, 0.25) is 0 Å². The van der Waals surface area contributed by atoms with Crippen LogP contribution in [0.15, 0.2) is 6.07 Å². The molecule has 26 heavy (non-hydrogen) atoms. The van der Waals surface area contributed by atoms with Gasteiger partial charge in [0.25, 0.3) is 5.91 Å². The number of hydrogen-bond acceptors (Lipinski definition) is 5. The van der Waals surface area contributed by atoms with Crippen molar-refractivity contribution in [2.75, 3.05) is 52.9 Å². The molecular formula is C18H29Cl2N3O2S. The average Bonchev–Trinajstić information content (AvgIpc) is 2.93. The first-order chi connectivity index (χ1) is 11.7. The van der Waals surface area contributed by atoms with Crippen LogP contribution in [0.3, 0.4) is 0 Å². The van der Waals surface area contributed by atoms with Crippen molar-refractivity contribution < 1.29 is 9.53 Å². The third kappa shape index (κ3) is 4.21. The molecule has 0 saturated carbocycles. The fourth-order valence-electron chi connectivity index (χ4n) is 4.17. The van der Waals surface area contributed by atoms with Crippen LogP contribution in [0, 0.1) is 0 Å². The Morgan fingerprint density at radius 3 is 2.73 bits per heavy atom.